The molecule has 1 N–H and O–H groups in total. The topological polar surface area (TPSA) is 74.6 Å². The van der Waals surface area contributed by atoms with Gasteiger partial charge in [0.2, 0.25) is 0 Å². The molecule has 7 nitrogen and oxygen atoms in total. The van der Waals surface area contributed by atoms with Crippen LogP contribution in [0, 0.1) is 0 Å². The van der Waals surface area contributed by atoms with E-state index in [9.17, 15) is 5.11 Å². The number of aliphatic hydroxyl groups is 1. The number of nitrogens with zero attached hydrogens (tertiary/aromatic N) is 5. The molecule has 0 bridgehead atoms. The van der Waals surface area contributed by atoms with Crippen molar-refractivity contribution in [3.05, 3.63) is 65.9 Å². The molecule has 0 radical (unpaired) electrons. The quantitative estimate of drug-likeness (QED) is 0.671. The highest BCUT2D eigenvalue weighted by Crippen LogP contribution is 2.30. The van der Waals surface area contributed by atoms with Crippen molar-refractivity contribution in [2.45, 2.75) is 38.3 Å². The SMILES string of the molecule is C=C/C(=C\c1nccnc1CC)C(C)N1CCN(c2ccc(C3(O)CCOC3)cn2)CC1. The molecule has 2 aliphatic heterocycles. The van der Waals surface area contributed by atoms with Gasteiger partial charge in [0.1, 0.15) is 11.4 Å². The van der Waals surface area contributed by atoms with E-state index in [4.69, 9.17) is 4.74 Å². The first kappa shape index (κ1) is 22.6. The summed E-state index contributed by atoms with van der Waals surface area (Å²) in [5, 5.41) is 10.7. The maximum atomic E-state index is 10.7. The summed E-state index contributed by atoms with van der Waals surface area (Å²) >= 11 is 0. The Morgan fingerprint density at radius 1 is 1.22 bits per heavy atom. The minimum atomic E-state index is -0.895. The van der Waals surface area contributed by atoms with Crippen LogP contribution in [0.15, 0.2) is 49.0 Å². The molecule has 0 spiro atoms. The van der Waals surface area contributed by atoms with Crippen LogP contribution in [0.1, 0.15) is 37.2 Å². The highest BCUT2D eigenvalue weighted by Gasteiger charge is 2.34. The van der Waals surface area contributed by atoms with Gasteiger partial charge in [0.15, 0.2) is 0 Å². The first-order valence-corrected chi connectivity index (χ1v) is 11.4. The van der Waals surface area contributed by atoms with E-state index in [-0.39, 0.29) is 6.04 Å². The number of piperazine rings is 1. The zero-order chi connectivity index (χ0) is 22.6. The Kier molecular flexibility index (Phi) is 6.98. The summed E-state index contributed by atoms with van der Waals surface area (Å²) in [4.78, 5) is 18.4. The second-order valence-corrected chi connectivity index (χ2v) is 8.53. The van der Waals surface area contributed by atoms with Gasteiger partial charge in [0, 0.05) is 69.4 Å². The molecule has 0 aliphatic carbocycles. The van der Waals surface area contributed by atoms with E-state index in [1.54, 1.807) is 18.6 Å². The molecule has 2 aliphatic rings. The third-order valence-electron chi connectivity index (χ3n) is 6.63. The van der Waals surface area contributed by atoms with Crippen LogP contribution in [0.5, 0.6) is 0 Å². The Morgan fingerprint density at radius 2 is 2.00 bits per heavy atom. The van der Waals surface area contributed by atoms with Crippen LogP contribution in [0.25, 0.3) is 6.08 Å². The number of rotatable bonds is 7. The van der Waals surface area contributed by atoms with E-state index in [0.717, 1.165) is 60.9 Å². The number of aryl methyl sites for hydroxylation is 1. The van der Waals surface area contributed by atoms with E-state index >= 15 is 0 Å². The van der Waals surface area contributed by atoms with Gasteiger partial charge in [0.25, 0.3) is 0 Å². The van der Waals surface area contributed by atoms with Crippen molar-refractivity contribution in [2.75, 3.05) is 44.3 Å². The van der Waals surface area contributed by atoms with Gasteiger partial charge in [-0.25, -0.2) is 4.98 Å². The van der Waals surface area contributed by atoms with Crippen LogP contribution in [0.2, 0.25) is 0 Å². The molecule has 0 amide bonds. The molecular weight excluding hydrogens is 402 g/mol. The monoisotopic (exact) mass is 435 g/mol. The minimum Gasteiger partial charge on any atom is -0.383 e. The standard InChI is InChI=1S/C25H33N5O2/c1-4-20(16-23-22(5-2)26-9-10-27-23)19(3)29-11-13-30(14-12-29)24-7-6-21(17-28-24)25(31)8-15-32-18-25/h4,6-7,9-10,16-17,19,31H,1,5,8,11-15,18H2,2-3H3/b20-16+. The molecule has 2 atom stereocenters. The maximum Gasteiger partial charge on any atom is 0.128 e. The number of aromatic nitrogens is 3. The molecule has 32 heavy (non-hydrogen) atoms. The normalized spacial score (nSPS) is 23.3. The first-order valence-electron chi connectivity index (χ1n) is 11.4. The fraction of sp³-hybridized carbons (Fsp3) is 0.480. The lowest BCUT2D eigenvalue weighted by Crippen LogP contribution is -2.50. The Labute approximate surface area is 190 Å². The highest BCUT2D eigenvalue weighted by molar-refractivity contribution is 5.55. The molecular formula is C25H33N5O2. The van der Waals surface area contributed by atoms with Crippen molar-refractivity contribution in [3.63, 3.8) is 0 Å². The molecule has 4 rings (SSSR count). The first-order chi connectivity index (χ1) is 15.5. The average molecular weight is 436 g/mol. The molecule has 0 aromatic carbocycles. The van der Waals surface area contributed by atoms with E-state index in [1.807, 2.05) is 18.2 Å². The smallest absolute Gasteiger partial charge is 0.128 e. The summed E-state index contributed by atoms with van der Waals surface area (Å²) in [6, 6.07) is 4.24. The Balaban J connectivity index is 1.39. The van der Waals surface area contributed by atoms with Crippen molar-refractivity contribution >= 4 is 11.9 Å². The molecule has 2 aromatic rings. The number of ether oxygens (including phenoxy) is 1. The van der Waals surface area contributed by atoms with Crippen LogP contribution in [0.4, 0.5) is 5.82 Å². The van der Waals surface area contributed by atoms with Crippen molar-refractivity contribution in [2.24, 2.45) is 0 Å². The van der Waals surface area contributed by atoms with Crippen LogP contribution in [0.3, 0.4) is 0 Å². The van der Waals surface area contributed by atoms with E-state index in [1.165, 1.54) is 0 Å². The van der Waals surface area contributed by atoms with Gasteiger partial charge in [-0.3, -0.25) is 14.9 Å². The Bertz CT molecular complexity index is 945. The summed E-state index contributed by atoms with van der Waals surface area (Å²) in [5.74, 6) is 0.954. The van der Waals surface area contributed by atoms with Crippen molar-refractivity contribution < 1.29 is 9.84 Å². The van der Waals surface area contributed by atoms with Gasteiger partial charge in [-0.15, -0.1) is 0 Å². The van der Waals surface area contributed by atoms with Crippen molar-refractivity contribution in [3.8, 4) is 0 Å². The van der Waals surface area contributed by atoms with Gasteiger partial charge in [-0.1, -0.05) is 25.6 Å². The molecule has 2 saturated heterocycles. The number of hydrogen-bond donors (Lipinski definition) is 1. The van der Waals surface area contributed by atoms with Gasteiger partial charge < -0.3 is 14.7 Å². The lowest BCUT2D eigenvalue weighted by atomic mass is 9.95. The lowest BCUT2D eigenvalue weighted by molar-refractivity contribution is 0.0229. The summed E-state index contributed by atoms with van der Waals surface area (Å²) in [7, 11) is 0. The summed E-state index contributed by atoms with van der Waals surface area (Å²) in [5.41, 5.74) is 3.03. The predicted molar refractivity (Wildman–Crippen MR) is 126 cm³/mol. The van der Waals surface area contributed by atoms with Crippen LogP contribution >= 0.6 is 0 Å². The van der Waals surface area contributed by atoms with Gasteiger partial charge in [0.05, 0.1) is 18.0 Å². The van der Waals surface area contributed by atoms with Crippen LogP contribution in [-0.2, 0) is 16.8 Å². The molecule has 0 saturated carbocycles. The number of anilines is 1. The summed E-state index contributed by atoms with van der Waals surface area (Å²) in [6.45, 7) is 13.0. The second-order valence-electron chi connectivity index (χ2n) is 8.53. The van der Waals surface area contributed by atoms with Gasteiger partial charge in [-0.05, 0) is 31.1 Å². The Hall–Kier alpha value is -2.61. The molecule has 2 fully saturated rings. The van der Waals surface area contributed by atoms with E-state index < -0.39 is 5.60 Å². The molecule has 2 aromatic heterocycles. The second kappa shape index (κ2) is 9.90. The third-order valence-corrected chi connectivity index (χ3v) is 6.63. The Morgan fingerprint density at radius 3 is 2.62 bits per heavy atom. The highest BCUT2D eigenvalue weighted by atomic mass is 16.5. The summed E-state index contributed by atoms with van der Waals surface area (Å²) in [6.07, 6.45) is 10.8. The van der Waals surface area contributed by atoms with Gasteiger partial charge >= 0.3 is 0 Å². The molecule has 7 heteroatoms. The molecule has 2 unspecified atom stereocenters. The number of pyridine rings is 1. The zero-order valence-corrected chi connectivity index (χ0v) is 19.1. The number of hydrogen-bond acceptors (Lipinski definition) is 7. The van der Waals surface area contributed by atoms with Crippen molar-refractivity contribution in [1.29, 1.82) is 0 Å². The van der Waals surface area contributed by atoms with E-state index in [0.29, 0.717) is 19.6 Å². The van der Waals surface area contributed by atoms with Crippen LogP contribution in [-0.4, -0.2) is 70.4 Å². The predicted octanol–water partition coefficient (Wildman–Crippen LogP) is 2.82. The zero-order valence-electron chi connectivity index (χ0n) is 19.1. The van der Waals surface area contributed by atoms with Gasteiger partial charge in [-0.2, -0.15) is 0 Å². The minimum absolute atomic E-state index is 0.244. The van der Waals surface area contributed by atoms with Crippen molar-refractivity contribution in [1.82, 2.24) is 19.9 Å². The molecule has 170 valence electrons. The fourth-order valence-electron chi connectivity index (χ4n) is 4.46. The van der Waals surface area contributed by atoms with E-state index in [2.05, 4.69) is 51.3 Å². The van der Waals surface area contributed by atoms with Crippen LogP contribution < -0.4 is 4.90 Å². The largest absolute Gasteiger partial charge is 0.383 e. The lowest BCUT2D eigenvalue weighted by Gasteiger charge is -2.39. The summed E-state index contributed by atoms with van der Waals surface area (Å²) < 4.78 is 5.36. The average Bonchev–Trinajstić information content (AvgIpc) is 3.30. The third kappa shape index (κ3) is 4.75. The maximum absolute atomic E-state index is 10.7. The fourth-order valence-corrected chi connectivity index (χ4v) is 4.46. The molecule has 4 heterocycles.